The summed E-state index contributed by atoms with van der Waals surface area (Å²) in [5, 5.41) is 8.68. The van der Waals surface area contributed by atoms with Crippen LogP contribution in [0.15, 0.2) is 59.7 Å². The molecule has 26 heavy (non-hydrogen) atoms. The van der Waals surface area contributed by atoms with Gasteiger partial charge in [-0.3, -0.25) is 4.79 Å². The van der Waals surface area contributed by atoms with Gasteiger partial charge in [-0.25, -0.2) is 10.1 Å². The van der Waals surface area contributed by atoms with Gasteiger partial charge in [-0.05, 0) is 50.1 Å². The smallest absolute Gasteiger partial charge is 0.267 e. The highest BCUT2D eigenvalue weighted by atomic mass is 16.2. The molecule has 1 N–H and O–H groups in total. The Morgan fingerprint density at radius 1 is 1.12 bits per heavy atom. The van der Waals surface area contributed by atoms with Gasteiger partial charge in [-0.2, -0.15) is 10.2 Å². The normalized spacial score (nSPS) is 11.0. The first kappa shape index (κ1) is 17.6. The number of aryl methyl sites for hydroxylation is 2. The van der Waals surface area contributed by atoms with Gasteiger partial charge in [0.2, 0.25) is 0 Å². The Balaban J connectivity index is 1.74. The van der Waals surface area contributed by atoms with Gasteiger partial charge in [0.25, 0.3) is 5.91 Å². The molecule has 0 saturated heterocycles. The summed E-state index contributed by atoms with van der Waals surface area (Å²) < 4.78 is 1.88. The van der Waals surface area contributed by atoms with Crippen LogP contribution in [-0.4, -0.2) is 21.9 Å². The van der Waals surface area contributed by atoms with Crippen molar-refractivity contribution in [2.24, 2.45) is 5.10 Å². The van der Waals surface area contributed by atoms with Gasteiger partial charge in [0, 0.05) is 11.1 Å². The molecule has 0 bridgehead atoms. The number of para-hydroxylation sites is 1. The molecule has 0 radical (unpaired) electrons. The van der Waals surface area contributed by atoms with Gasteiger partial charge in [0.15, 0.2) is 0 Å². The highest BCUT2D eigenvalue weighted by Crippen LogP contribution is 2.16. The molecule has 0 fully saturated rings. The Bertz CT molecular complexity index is 925. The lowest BCUT2D eigenvalue weighted by Crippen LogP contribution is -2.17. The molecule has 0 saturated carbocycles. The number of rotatable bonds is 5. The maximum atomic E-state index is 12.2. The topological polar surface area (TPSA) is 59.3 Å². The highest BCUT2D eigenvalue weighted by molar-refractivity contribution is 5.95. The zero-order chi connectivity index (χ0) is 18.5. The summed E-state index contributed by atoms with van der Waals surface area (Å²) in [5.74, 6) is -0.227. The van der Waals surface area contributed by atoms with Crippen LogP contribution in [0, 0.1) is 13.8 Å². The first-order chi connectivity index (χ1) is 12.6. The van der Waals surface area contributed by atoms with Crippen LogP contribution in [0.4, 0.5) is 0 Å². The first-order valence-electron chi connectivity index (χ1n) is 8.64. The Morgan fingerprint density at radius 2 is 1.81 bits per heavy atom. The molecule has 0 atom stereocenters. The quantitative estimate of drug-likeness (QED) is 0.564. The second kappa shape index (κ2) is 7.78. The average Bonchev–Trinajstić information content (AvgIpc) is 2.97. The molecular formula is C21H22N4O. The Labute approximate surface area is 153 Å². The van der Waals surface area contributed by atoms with E-state index in [9.17, 15) is 4.79 Å². The Morgan fingerprint density at radius 3 is 2.46 bits per heavy atom. The molecule has 5 heteroatoms. The van der Waals surface area contributed by atoms with Gasteiger partial charge < -0.3 is 0 Å². The van der Waals surface area contributed by atoms with Crippen molar-refractivity contribution in [2.45, 2.75) is 27.2 Å². The molecule has 0 unspecified atom stereocenters. The number of aromatic nitrogens is 2. The number of benzene rings is 2. The zero-order valence-corrected chi connectivity index (χ0v) is 15.2. The van der Waals surface area contributed by atoms with Crippen LogP contribution in [0.1, 0.15) is 39.8 Å². The van der Waals surface area contributed by atoms with Crippen molar-refractivity contribution < 1.29 is 4.79 Å². The molecule has 1 heterocycles. The van der Waals surface area contributed by atoms with Gasteiger partial charge in [0.1, 0.15) is 0 Å². The van der Waals surface area contributed by atoms with E-state index in [1.54, 1.807) is 6.21 Å². The third-order valence-corrected chi connectivity index (χ3v) is 4.33. The molecule has 0 aliphatic heterocycles. The van der Waals surface area contributed by atoms with E-state index in [0.717, 1.165) is 29.1 Å². The molecule has 132 valence electrons. The van der Waals surface area contributed by atoms with Crippen molar-refractivity contribution in [3.8, 4) is 5.69 Å². The summed E-state index contributed by atoms with van der Waals surface area (Å²) >= 11 is 0. The fraction of sp³-hybridized carbons (Fsp3) is 0.190. The van der Waals surface area contributed by atoms with E-state index in [1.807, 2.05) is 73.1 Å². The van der Waals surface area contributed by atoms with Crippen molar-refractivity contribution in [1.82, 2.24) is 15.2 Å². The number of hydrogen-bond donors (Lipinski definition) is 1. The second-order valence-corrected chi connectivity index (χ2v) is 6.08. The predicted octanol–water partition coefficient (Wildman–Crippen LogP) is 3.82. The molecule has 0 spiro atoms. The molecule has 5 nitrogen and oxygen atoms in total. The summed E-state index contributed by atoms with van der Waals surface area (Å²) in [5.41, 5.74) is 8.09. The SMILES string of the molecule is CCc1ccc(C(=O)N/N=C\c2c(C)nn(-c3ccccc3)c2C)cc1. The standard InChI is InChI=1S/C21H22N4O/c1-4-17-10-12-18(13-11-17)21(26)23-22-14-20-15(2)24-25(16(20)3)19-8-6-5-7-9-19/h5-14H,4H2,1-3H3,(H,23,26)/b22-14-. The molecule has 1 aromatic heterocycles. The number of nitrogens with zero attached hydrogens (tertiary/aromatic N) is 3. The minimum absolute atomic E-state index is 0.227. The molecule has 0 aliphatic carbocycles. The lowest BCUT2D eigenvalue weighted by molar-refractivity contribution is 0.0955. The Hall–Kier alpha value is -3.21. The average molecular weight is 346 g/mol. The van der Waals surface area contributed by atoms with E-state index in [2.05, 4.69) is 22.5 Å². The summed E-state index contributed by atoms with van der Waals surface area (Å²) in [6.45, 7) is 6.00. The number of carbonyl (C=O) groups is 1. The van der Waals surface area contributed by atoms with Crippen molar-refractivity contribution in [2.75, 3.05) is 0 Å². The maximum absolute atomic E-state index is 12.2. The number of amides is 1. The summed E-state index contributed by atoms with van der Waals surface area (Å²) in [6, 6.07) is 17.5. The van der Waals surface area contributed by atoms with Crippen LogP contribution in [0.3, 0.4) is 0 Å². The summed E-state index contributed by atoms with van der Waals surface area (Å²) in [6.07, 6.45) is 2.60. The van der Waals surface area contributed by atoms with Crippen molar-refractivity contribution in [1.29, 1.82) is 0 Å². The zero-order valence-electron chi connectivity index (χ0n) is 15.2. The minimum Gasteiger partial charge on any atom is -0.267 e. The van der Waals surface area contributed by atoms with E-state index >= 15 is 0 Å². The van der Waals surface area contributed by atoms with E-state index < -0.39 is 0 Å². The molecule has 1 amide bonds. The van der Waals surface area contributed by atoms with E-state index in [4.69, 9.17) is 0 Å². The highest BCUT2D eigenvalue weighted by Gasteiger charge is 2.11. The summed E-state index contributed by atoms with van der Waals surface area (Å²) in [7, 11) is 0. The molecule has 3 aromatic rings. The number of hydrogen-bond acceptors (Lipinski definition) is 3. The lowest BCUT2D eigenvalue weighted by atomic mass is 10.1. The molecule has 2 aromatic carbocycles. The lowest BCUT2D eigenvalue weighted by Gasteiger charge is -2.03. The van der Waals surface area contributed by atoms with Gasteiger partial charge in [0.05, 0.1) is 23.3 Å². The van der Waals surface area contributed by atoms with E-state index in [0.29, 0.717) is 5.56 Å². The fourth-order valence-corrected chi connectivity index (χ4v) is 2.77. The van der Waals surface area contributed by atoms with Crippen LogP contribution in [0.2, 0.25) is 0 Å². The van der Waals surface area contributed by atoms with Gasteiger partial charge in [-0.15, -0.1) is 0 Å². The van der Waals surface area contributed by atoms with Crippen molar-refractivity contribution >= 4 is 12.1 Å². The van der Waals surface area contributed by atoms with Crippen LogP contribution in [-0.2, 0) is 6.42 Å². The van der Waals surface area contributed by atoms with Crippen LogP contribution in [0.5, 0.6) is 0 Å². The van der Waals surface area contributed by atoms with Crippen LogP contribution < -0.4 is 5.43 Å². The van der Waals surface area contributed by atoms with Crippen molar-refractivity contribution in [3.05, 3.63) is 82.7 Å². The fourth-order valence-electron chi connectivity index (χ4n) is 2.77. The summed E-state index contributed by atoms with van der Waals surface area (Å²) in [4.78, 5) is 12.2. The third kappa shape index (κ3) is 3.72. The number of nitrogens with one attached hydrogen (secondary N) is 1. The largest absolute Gasteiger partial charge is 0.271 e. The first-order valence-corrected chi connectivity index (χ1v) is 8.64. The van der Waals surface area contributed by atoms with Crippen LogP contribution >= 0.6 is 0 Å². The monoisotopic (exact) mass is 346 g/mol. The minimum atomic E-state index is -0.227. The van der Waals surface area contributed by atoms with E-state index in [-0.39, 0.29) is 5.91 Å². The van der Waals surface area contributed by atoms with Gasteiger partial charge in [-0.1, -0.05) is 37.3 Å². The van der Waals surface area contributed by atoms with Crippen molar-refractivity contribution in [3.63, 3.8) is 0 Å². The molecular weight excluding hydrogens is 324 g/mol. The maximum Gasteiger partial charge on any atom is 0.271 e. The van der Waals surface area contributed by atoms with E-state index in [1.165, 1.54) is 5.56 Å². The Kier molecular flexibility index (Phi) is 5.27. The number of hydrazone groups is 1. The predicted molar refractivity (Wildman–Crippen MR) is 104 cm³/mol. The second-order valence-electron chi connectivity index (χ2n) is 6.08. The molecule has 0 aliphatic rings. The van der Waals surface area contributed by atoms with Crippen LogP contribution in [0.25, 0.3) is 5.69 Å². The number of carbonyl (C=O) groups excluding carboxylic acids is 1. The third-order valence-electron chi connectivity index (χ3n) is 4.33. The molecule has 3 rings (SSSR count). The van der Waals surface area contributed by atoms with Gasteiger partial charge >= 0.3 is 0 Å².